The van der Waals surface area contributed by atoms with Crippen molar-refractivity contribution in [2.75, 3.05) is 32.7 Å². The summed E-state index contributed by atoms with van der Waals surface area (Å²) >= 11 is 0. The van der Waals surface area contributed by atoms with Crippen molar-refractivity contribution < 1.29 is 19.1 Å². The number of likely N-dealkylation sites (tertiary alicyclic amines) is 2. The highest BCUT2D eigenvalue weighted by atomic mass is 16.6. The molecule has 0 unspecified atom stereocenters. The number of carbonyl (C=O) groups is 3. The number of ether oxygens (including phenoxy) is 1. The van der Waals surface area contributed by atoms with Gasteiger partial charge in [0.25, 0.3) is 0 Å². The molecule has 2 heterocycles. The van der Waals surface area contributed by atoms with E-state index < -0.39 is 11.7 Å². The van der Waals surface area contributed by atoms with Crippen LogP contribution in [0.4, 0.5) is 4.79 Å². The van der Waals surface area contributed by atoms with Crippen molar-refractivity contribution >= 4 is 17.9 Å². The highest BCUT2D eigenvalue weighted by Gasteiger charge is 2.27. The van der Waals surface area contributed by atoms with Crippen molar-refractivity contribution in [1.82, 2.24) is 20.4 Å². The molecule has 172 valence electrons. The van der Waals surface area contributed by atoms with Crippen LogP contribution in [0.3, 0.4) is 0 Å². The summed E-state index contributed by atoms with van der Waals surface area (Å²) in [5.41, 5.74) is -0.551. The van der Waals surface area contributed by atoms with Gasteiger partial charge in [-0.1, -0.05) is 6.42 Å². The summed E-state index contributed by atoms with van der Waals surface area (Å²) < 4.78 is 5.16. The highest BCUT2D eigenvalue weighted by molar-refractivity contribution is 5.77. The van der Waals surface area contributed by atoms with Gasteiger partial charge in [-0.05, 0) is 59.9 Å². The Balaban J connectivity index is 1.67. The van der Waals surface area contributed by atoms with Crippen molar-refractivity contribution in [1.29, 1.82) is 0 Å². The molecule has 0 radical (unpaired) electrons. The molecule has 2 saturated heterocycles. The summed E-state index contributed by atoms with van der Waals surface area (Å²) in [4.78, 5) is 40.7. The third kappa shape index (κ3) is 8.50. The van der Waals surface area contributed by atoms with Gasteiger partial charge in [0, 0.05) is 51.1 Å². The van der Waals surface area contributed by atoms with Crippen molar-refractivity contribution in [2.45, 2.75) is 90.3 Å². The Morgan fingerprint density at radius 3 is 2.43 bits per heavy atom. The molecule has 2 aliphatic rings. The summed E-state index contributed by atoms with van der Waals surface area (Å²) in [6.07, 6.45) is 5.79. The summed E-state index contributed by atoms with van der Waals surface area (Å²) in [7, 11) is 0. The first-order valence-electron chi connectivity index (χ1n) is 11.4. The number of rotatable bonds is 8. The number of carbonyl (C=O) groups excluding carboxylic acids is 3. The van der Waals surface area contributed by atoms with E-state index in [0.29, 0.717) is 19.0 Å². The van der Waals surface area contributed by atoms with Crippen molar-refractivity contribution in [3.05, 3.63) is 0 Å². The fraction of sp³-hybridized carbons (Fsp3) is 0.864. The minimum Gasteiger partial charge on any atom is -0.444 e. The molecular weight excluding hydrogens is 384 g/mol. The van der Waals surface area contributed by atoms with E-state index in [4.69, 9.17) is 4.74 Å². The van der Waals surface area contributed by atoms with Crippen LogP contribution in [0.25, 0.3) is 0 Å². The number of alkyl carbamates (subject to hydrolysis) is 1. The molecule has 2 rings (SSSR count). The van der Waals surface area contributed by atoms with Gasteiger partial charge in [-0.25, -0.2) is 4.79 Å². The Bertz CT molecular complexity index is 590. The van der Waals surface area contributed by atoms with E-state index in [1.165, 1.54) is 0 Å². The molecule has 0 aromatic heterocycles. The van der Waals surface area contributed by atoms with Crippen molar-refractivity contribution in [3.63, 3.8) is 0 Å². The largest absolute Gasteiger partial charge is 0.444 e. The first kappa shape index (κ1) is 24.4. The molecule has 3 amide bonds. The zero-order chi connectivity index (χ0) is 22.1. The summed E-state index contributed by atoms with van der Waals surface area (Å²) in [6.45, 7) is 11.0. The Morgan fingerprint density at radius 1 is 1.00 bits per heavy atom. The number of nitrogens with one attached hydrogen (secondary N) is 2. The second-order valence-corrected chi connectivity index (χ2v) is 9.50. The molecule has 30 heavy (non-hydrogen) atoms. The maximum Gasteiger partial charge on any atom is 0.407 e. The normalized spacial score (nSPS) is 22.6. The summed E-state index contributed by atoms with van der Waals surface area (Å²) in [6, 6.07) is 0.633. The number of hydrogen-bond acceptors (Lipinski definition) is 5. The smallest absolute Gasteiger partial charge is 0.407 e. The van der Waals surface area contributed by atoms with Crippen LogP contribution in [-0.2, 0) is 14.3 Å². The maximum atomic E-state index is 12.5. The van der Waals surface area contributed by atoms with Crippen LogP contribution in [-0.4, -0.2) is 78.1 Å². The molecule has 0 aromatic carbocycles. The summed E-state index contributed by atoms with van der Waals surface area (Å²) in [5.74, 6) is 0.167. The minimum atomic E-state index is -0.551. The average Bonchev–Trinajstić information content (AvgIpc) is 3.09. The third-order valence-corrected chi connectivity index (χ3v) is 5.79. The SMILES string of the molecule is C[C@@H]1CCCN1C(=O)CCN1CCCC[C@@H]1CNC(=O)CCNC(=O)OC(C)(C)C. The van der Waals surface area contributed by atoms with E-state index in [2.05, 4.69) is 22.5 Å². The van der Waals surface area contributed by atoms with Crippen LogP contribution >= 0.6 is 0 Å². The van der Waals surface area contributed by atoms with Crippen LogP contribution in [0.5, 0.6) is 0 Å². The van der Waals surface area contributed by atoms with Crippen LogP contribution in [0.15, 0.2) is 0 Å². The number of amides is 3. The van der Waals surface area contributed by atoms with E-state index in [0.717, 1.165) is 51.7 Å². The lowest BCUT2D eigenvalue weighted by Gasteiger charge is -2.36. The van der Waals surface area contributed by atoms with E-state index in [-0.39, 0.29) is 30.8 Å². The maximum absolute atomic E-state index is 12.5. The van der Waals surface area contributed by atoms with Crippen molar-refractivity contribution in [2.24, 2.45) is 0 Å². The third-order valence-electron chi connectivity index (χ3n) is 5.79. The molecule has 0 aliphatic carbocycles. The first-order chi connectivity index (χ1) is 14.2. The fourth-order valence-electron chi connectivity index (χ4n) is 4.18. The monoisotopic (exact) mass is 424 g/mol. The van der Waals surface area contributed by atoms with Crippen molar-refractivity contribution in [3.8, 4) is 0 Å². The van der Waals surface area contributed by atoms with Gasteiger partial charge in [0.15, 0.2) is 0 Å². The lowest BCUT2D eigenvalue weighted by molar-refractivity contribution is -0.132. The second-order valence-electron chi connectivity index (χ2n) is 9.50. The van der Waals surface area contributed by atoms with Gasteiger partial charge in [0.05, 0.1) is 0 Å². The molecule has 2 N–H and O–H groups in total. The lowest BCUT2D eigenvalue weighted by Crippen LogP contribution is -2.48. The molecule has 0 spiro atoms. The van der Waals surface area contributed by atoms with Crippen LogP contribution in [0.1, 0.15) is 72.6 Å². The van der Waals surface area contributed by atoms with E-state index in [9.17, 15) is 14.4 Å². The lowest BCUT2D eigenvalue weighted by atomic mass is 10.0. The fourth-order valence-corrected chi connectivity index (χ4v) is 4.18. The van der Waals surface area contributed by atoms with E-state index >= 15 is 0 Å². The van der Waals surface area contributed by atoms with Gasteiger partial charge in [0.2, 0.25) is 11.8 Å². The topological polar surface area (TPSA) is 91.0 Å². The van der Waals surface area contributed by atoms with Crippen LogP contribution < -0.4 is 10.6 Å². The van der Waals surface area contributed by atoms with Gasteiger partial charge in [-0.3, -0.25) is 14.5 Å². The van der Waals surface area contributed by atoms with E-state index in [1.54, 1.807) is 20.8 Å². The molecular formula is C22H40N4O4. The highest BCUT2D eigenvalue weighted by Crippen LogP contribution is 2.20. The van der Waals surface area contributed by atoms with Gasteiger partial charge < -0.3 is 20.3 Å². The molecule has 2 aliphatic heterocycles. The number of hydrogen-bond donors (Lipinski definition) is 2. The molecule has 8 nitrogen and oxygen atoms in total. The Morgan fingerprint density at radius 2 is 1.77 bits per heavy atom. The molecule has 0 bridgehead atoms. The quantitative estimate of drug-likeness (QED) is 0.624. The Labute approximate surface area is 181 Å². The molecule has 8 heteroatoms. The van der Waals surface area contributed by atoms with Crippen LogP contribution in [0, 0.1) is 0 Å². The molecule has 2 atom stereocenters. The predicted molar refractivity (Wildman–Crippen MR) is 116 cm³/mol. The van der Waals surface area contributed by atoms with Gasteiger partial charge in [0.1, 0.15) is 5.60 Å². The predicted octanol–water partition coefficient (Wildman–Crippen LogP) is 2.27. The summed E-state index contributed by atoms with van der Waals surface area (Å²) in [5, 5.41) is 5.59. The molecule has 2 fully saturated rings. The Kier molecular flexibility index (Phi) is 9.39. The van der Waals surface area contributed by atoms with E-state index in [1.807, 2.05) is 4.90 Å². The zero-order valence-electron chi connectivity index (χ0n) is 19.2. The minimum absolute atomic E-state index is 0.0847. The zero-order valence-corrected chi connectivity index (χ0v) is 19.2. The number of piperidine rings is 1. The first-order valence-corrected chi connectivity index (χ1v) is 11.4. The Hall–Kier alpha value is -1.83. The number of nitrogens with zero attached hydrogens (tertiary/aromatic N) is 2. The second kappa shape index (κ2) is 11.5. The molecule has 0 saturated carbocycles. The van der Waals surface area contributed by atoms with Gasteiger partial charge in [-0.15, -0.1) is 0 Å². The van der Waals surface area contributed by atoms with Gasteiger partial charge >= 0.3 is 6.09 Å². The molecule has 0 aromatic rings. The van der Waals surface area contributed by atoms with Crippen LogP contribution in [0.2, 0.25) is 0 Å². The van der Waals surface area contributed by atoms with Gasteiger partial charge in [-0.2, -0.15) is 0 Å². The average molecular weight is 425 g/mol. The standard InChI is InChI=1S/C22H40N4O4/c1-17-8-7-14-26(17)20(28)11-15-25-13-6-5-9-18(25)16-24-19(27)10-12-23-21(29)30-22(2,3)4/h17-18H,5-16H2,1-4H3,(H,23,29)(H,24,27)/t17-,18-/m1/s1.